The molecule has 0 aromatic carbocycles. The van der Waals surface area contributed by atoms with Gasteiger partial charge >= 0.3 is 0 Å². The lowest BCUT2D eigenvalue weighted by molar-refractivity contribution is -0.139. The molecule has 1 aliphatic carbocycles. The van der Waals surface area contributed by atoms with Crippen LogP contribution in [0.4, 0.5) is 10.2 Å². The number of aliphatic hydroxyl groups is 1. The van der Waals surface area contributed by atoms with Crippen LogP contribution in [0.15, 0.2) is 18.2 Å². The van der Waals surface area contributed by atoms with Crippen LogP contribution in [0.5, 0.6) is 0 Å². The fraction of sp³-hybridized carbons (Fsp3) is 0.684. The van der Waals surface area contributed by atoms with E-state index >= 15 is 0 Å². The molecular formula is C19H26FN3O2. The molecule has 3 heterocycles. The zero-order valence-corrected chi connectivity index (χ0v) is 14.5. The monoisotopic (exact) mass is 347 g/mol. The predicted octanol–water partition coefficient (Wildman–Crippen LogP) is 2.34. The Balaban J connectivity index is 1.40. The Labute approximate surface area is 147 Å². The van der Waals surface area contributed by atoms with E-state index in [1.807, 2.05) is 6.07 Å². The Bertz CT molecular complexity index is 637. The van der Waals surface area contributed by atoms with Crippen molar-refractivity contribution in [1.29, 1.82) is 0 Å². The average molecular weight is 347 g/mol. The largest absolute Gasteiger partial charge is 0.393 e. The number of rotatable bonds is 2. The number of likely N-dealkylation sites (tertiary alicyclic amines) is 1. The number of amides is 1. The first-order valence-electron chi connectivity index (χ1n) is 9.44. The van der Waals surface area contributed by atoms with Crippen molar-refractivity contribution in [2.45, 2.75) is 57.1 Å². The molecule has 2 saturated heterocycles. The summed E-state index contributed by atoms with van der Waals surface area (Å²) in [5, 5.41) is 9.69. The molecule has 3 aliphatic rings. The van der Waals surface area contributed by atoms with Gasteiger partial charge in [0, 0.05) is 25.7 Å². The lowest BCUT2D eigenvalue weighted by Crippen LogP contribution is -2.47. The van der Waals surface area contributed by atoms with Gasteiger partial charge in [-0.1, -0.05) is 6.07 Å². The number of hydrogen-bond acceptors (Lipinski definition) is 4. The molecule has 0 bridgehead atoms. The Kier molecular flexibility index (Phi) is 4.40. The number of piperidine rings is 1. The van der Waals surface area contributed by atoms with Crippen LogP contribution in [0.25, 0.3) is 0 Å². The minimum absolute atomic E-state index is 0.190. The molecule has 3 fully saturated rings. The third-order valence-electron chi connectivity index (χ3n) is 6.40. The van der Waals surface area contributed by atoms with Crippen LogP contribution < -0.4 is 4.90 Å². The molecule has 4 rings (SSSR count). The van der Waals surface area contributed by atoms with Crippen LogP contribution in [-0.2, 0) is 4.79 Å². The second-order valence-electron chi connectivity index (χ2n) is 7.80. The molecular weight excluding hydrogens is 321 g/mol. The highest BCUT2D eigenvalue weighted by Gasteiger charge is 2.50. The maximum Gasteiger partial charge on any atom is 0.229 e. The van der Waals surface area contributed by atoms with Crippen molar-refractivity contribution < 1.29 is 14.3 Å². The van der Waals surface area contributed by atoms with Crippen LogP contribution in [0.1, 0.15) is 44.9 Å². The molecule has 1 amide bonds. The van der Waals surface area contributed by atoms with Gasteiger partial charge in [-0.15, -0.1) is 0 Å². The van der Waals surface area contributed by atoms with E-state index in [9.17, 15) is 14.3 Å². The second-order valence-corrected chi connectivity index (χ2v) is 7.80. The molecule has 0 atom stereocenters. The maximum absolute atomic E-state index is 13.3. The summed E-state index contributed by atoms with van der Waals surface area (Å²) in [5.41, 5.74) is -0.236. The first-order valence-corrected chi connectivity index (χ1v) is 9.44. The molecule has 136 valence electrons. The lowest BCUT2D eigenvalue weighted by atomic mass is 9.77. The van der Waals surface area contributed by atoms with Crippen molar-refractivity contribution in [2.24, 2.45) is 5.41 Å². The van der Waals surface area contributed by atoms with Crippen molar-refractivity contribution in [3.05, 3.63) is 24.1 Å². The summed E-state index contributed by atoms with van der Waals surface area (Å²) in [5.74, 6) is 0.513. The van der Waals surface area contributed by atoms with Crippen molar-refractivity contribution >= 4 is 11.7 Å². The number of anilines is 1. The van der Waals surface area contributed by atoms with E-state index in [2.05, 4.69) is 14.8 Å². The summed E-state index contributed by atoms with van der Waals surface area (Å²) < 4.78 is 13.3. The van der Waals surface area contributed by atoms with E-state index in [1.165, 1.54) is 6.07 Å². The summed E-state index contributed by atoms with van der Waals surface area (Å²) in [6.45, 7) is 2.34. The van der Waals surface area contributed by atoms with E-state index < -0.39 is 5.95 Å². The van der Waals surface area contributed by atoms with Gasteiger partial charge in [-0.05, 0) is 57.1 Å². The fourth-order valence-corrected chi connectivity index (χ4v) is 4.77. The molecule has 1 aromatic heterocycles. The summed E-state index contributed by atoms with van der Waals surface area (Å²) in [7, 11) is 0. The third kappa shape index (κ3) is 3.12. The lowest BCUT2D eigenvalue weighted by Gasteiger charge is -2.40. The summed E-state index contributed by atoms with van der Waals surface area (Å²) >= 11 is 0. The number of aromatic nitrogens is 1. The molecule has 6 heteroatoms. The number of aliphatic hydroxyl groups excluding tert-OH is 1. The Morgan fingerprint density at radius 1 is 1.08 bits per heavy atom. The molecule has 1 saturated carbocycles. The van der Waals surface area contributed by atoms with Crippen LogP contribution in [-0.4, -0.2) is 52.7 Å². The number of hydrogen-bond donors (Lipinski definition) is 1. The van der Waals surface area contributed by atoms with E-state index in [-0.39, 0.29) is 11.5 Å². The van der Waals surface area contributed by atoms with Crippen LogP contribution in [0.2, 0.25) is 0 Å². The number of halogens is 1. The second kappa shape index (κ2) is 6.56. The summed E-state index contributed by atoms with van der Waals surface area (Å²) in [6, 6.07) is 5.17. The van der Waals surface area contributed by atoms with Gasteiger partial charge in [-0.25, -0.2) is 4.98 Å². The van der Waals surface area contributed by atoms with Gasteiger partial charge < -0.3 is 14.9 Å². The minimum atomic E-state index is -0.458. The maximum atomic E-state index is 13.3. The summed E-state index contributed by atoms with van der Waals surface area (Å²) in [6.07, 6.45) is 5.82. The number of nitrogens with zero attached hydrogens (tertiary/aromatic N) is 3. The first-order chi connectivity index (χ1) is 12.1. The average Bonchev–Trinajstić information content (AvgIpc) is 2.93. The molecule has 25 heavy (non-hydrogen) atoms. The predicted molar refractivity (Wildman–Crippen MR) is 92.7 cm³/mol. The van der Waals surface area contributed by atoms with Crippen LogP contribution in [0.3, 0.4) is 0 Å². The zero-order valence-electron chi connectivity index (χ0n) is 14.5. The normalized spacial score (nSPS) is 29.4. The Hall–Kier alpha value is -1.69. The topological polar surface area (TPSA) is 56.7 Å². The molecule has 5 nitrogen and oxygen atoms in total. The molecule has 0 unspecified atom stereocenters. The highest BCUT2D eigenvalue weighted by Crippen LogP contribution is 2.44. The standard InChI is InChI=1S/C19H26FN3O2/c20-16-2-1-3-17(21-16)22-11-8-19(9-12-22)10-13-23(18(19)25)14-4-6-15(24)7-5-14/h1-3,14-15,24H,4-13H2/t14-,15-. The smallest absolute Gasteiger partial charge is 0.229 e. The Morgan fingerprint density at radius 3 is 2.44 bits per heavy atom. The third-order valence-corrected chi connectivity index (χ3v) is 6.40. The molecule has 1 spiro atoms. The fourth-order valence-electron chi connectivity index (χ4n) is 4.77. The molecule has 1 aromatic rings. The van der Waals surface area contributed by atoms with Gasteiger partial charge in [-0.2, -0.15) is 4.39 Å². The Morgan fingerprint density at radius 2 is 1.76 bits per heavy atom. The highest BCUT2D eigenvalue weighted by molar-refractivity contribution is 5.85. The van der Waals surface area contributed by atoms with E-state index in [4.69, 9.17) is 0 Å². The van der Waals surface area contributed by atoms with Gasteiger partial charge in [0.05, 0.1) is 11.5 Å². The number of pyridine rings is 1. The van der Waals surface area contributed by atoms with Gasteiger partial charge in [0.1, 0.15) is 5.82 Å². The quantitative estimate of drug-likeness (QED) is 0.835. The van der Waals surface area contributed by atoms with Crippen molar-refractivity contribution in [3.63, 3.8) is 0 Å². The zero-order chi connectivity index (χ0) is 17.4. The molecule has 0 radical (unpaired) electrons. The number of carbonyl (C=O) groups is 1. The van der Waals surface area contributed by atoms with Crippen LogP contribution >= 0.6 is 0 Å². The first kappa shape index (κ1) is 16.8. The van der Waals surface area contributed by atoms with Crippen molar-refractivity contribution in [1.82, 2.24) is 9.88 Å². The van der Waals surface area contributed by atoms with Gasteiger partial charge in [0.2, 0.25) is 11.9 Å². The van der Waals surface area contributed by atoms with Crippen LogP contribution in [0, 0.1) is 11.4 Å². The highest BCUT2D eigenvalue weighted by atomic mass is 19.1. The van der Waals surface area contributed by atoms with E-state index in [0.29, 0.717) is 17.8 Å². The SMILES string of the molecule is O=C1N([C@H]2CC[C@H](O)CC2)CCC12CCN(c1cccc(F)n1)CC2. The summed E-state index contributed by atoms with van der Waals surface area (Å²) in [4.78, 5) is 21.3. The van der Waals surface area contributed by atoms with Gasteiger partial charge in [0.25, 0.3) is 0 Å². The molecule has 2 aliphatic heterocycles. The molecule has 1 N–H and O–H groups in total. The van der Waals surface area contributed by atoms with Crippen molar-refractivity contribution in [3.8, 4) is 0 Å². The van der Waals surface area contributed by atoms with E-state index in [0.717, 1.165) is 64.6 Å². The van der Waals surface area contributed by atoms with Gasteiger partial charge in [0.15, 0.2) is 0 Å². The van der Waals surface area contributed by atoms with E-state index in [1.54, 1.807) is 6.07 Å². The van der Waals surface area contributed by atoms with Crippen molar-refractivity contribution in [2.75, 3.05) is 24.5 Å². The van der Waals surface area contributed by atoms with Gasteiger partial charge in [-0.3, -0.25) is 4.79 Å². The minimum Gasteiger partial charge on any atom is -0.393 e. The number of carbonyl (C=O) groups excluding carboxylic acids is 1.